The second kappa shape index (κ2) is 9.72. The van der Waals surface area contributed by atoms with Crippen molar-refractivity contribution in [2.45, 2.75) is 16.4 Å². The standard InChI is InChI=1S/C27H23N3O5S2/c1-36(31,32)25-9-5-6-10-26(25)37(33,34)30-21-13-16-24-23(17-21)27(29-28-24)20-11-14-22(15-12-20)35-18-19-7-3-2-4-8-19/h2-17,30H,18H2,1H3,(H,28,29). The molecule has 0 saturated carbocycles. The molecule has 0 amide bonds. The molecule has 2 N–H and O–H groups in total. The first-order chi connectivity index (χ1) is 17.7. The minimum absolute atomic E-state index is 0.262. The summed E-state index contributed by atoms with van der Waals surface area (Å²) in [6, 6.07) is 27.8. The zero-order chi connectivity index (χ0) is 26.0. The number of aromatic amines is 1. The Labute approximate surface area is 214 Å². The molecule has 10 heteroatoms. The highest BCUT2D eigenvalue weighted by Gasteiger charge is 2.24. The lowest BCUT2D eigenvalue weighted by Crippen LogP contribution is -2.16. The fourth-order valence-corrected chi connectivity index (χ4v) is 6.62. The van der Waals surface area contributed by atoms with E-state index in [2.05, 4.69) is 14.9 Å². The number of sulfonamides is 1. The van der Waals surface area contributed by atoms with E-state index in [1.807, 2.05) is 54.6 Å². The Hall–Kier alpha value is -4.15. The van der Waals surface area contributed by atoms with Gasteiger partial charge in [-0.25, -0.2) is 16.8 Å². The highest BCUT2D eigenvalue weighted by molar-refractivity contribution is 7.95. The molecule has 0 unspecified atom stereocenters. The highest BCUT2D eigenvalue weighted by Crippen LogP contribution is 2.31. The fraction of sp³-hybridized carbons (Fsp3) is 0.0741. The Balaban J connectivity index is 1.41. The summed E-state index contributed by atoms with van der Waals surface area (Å²) in [5, 5.41) is 8.07. The fourth-order valence-electron chi connectivity index (χ4n) is 3.94. The number of rotatable bonds is 8. The topological polar surface area (TPSA) is 118 Å². The van der Waals surface area contributed by atoms with Gasteiger partial charge < -0.3 is 4.74 Å². The van der Waals surface area contributed by atoms with Crippen molar-refractivity contribution in [3.8, 4) is 17.0 Å². The van der Waals surface area contributed by atoms with Gasteiger partial charge in [-0.2, -0.15) is 5.10 Å². The van der Waals surface area contributed by atoms with E-state index >= 15 is 0 Å². The molecule has 0 bridgehead atoms. The van der Waals surface area contributed by atoms with Crippen LogP contribution in [0.5, 0.6) is 5.75 Å². The molecule has 0 aliphatic heterocycles. The lowest BCUT2D eigenvalue weighted by atomic mass is 10.1. The maximum atomic E-state index is 13.1. The largest absolute Gasteiger partial charge is 0.489 e. The van der Waals surface area contributed by atoms with E-state index in [1.165, 1.54) is 24.3 Å². The van der Waals surface area contributed by atoms with Gasteiger partial charge in [-0.1, -0.05) is 42.5 Å². The molecular weight excluding hydrogens is 510 g/mol. The summed E-state index contributed by atoms with van der Waals surface area (Å²) in [6.07, 6.45) is 0.975. The van der Waals surface area contributed by atoms with Crippen molar-refractivity contribution < 1.29 is 21.6 Å². The maximum absolute atomic E-state index is 13.1. The first-order valence-electron chi connectivity index (χ1n) is 11.3. The number of aromatic nitrogens is 2. The van der Waals surface area contributed by atoms with Gasteiger partial charge in [-0.3, -0.25) is 9.82 Å². The molecule has 8 nitrogen and oxygen atoms in total. The van der Waals surface area contributed by atoms with Crippen molar-refractivity contribution in [1.82, 2.24) is 10.2 Å². The Kier molecular flexibility index (Phi) is 6.45. The minimum atomic E-state index is -4.17. The summed E-state index contributed by atoms with van der Waals surface area (Å²) in [7, 11) is -7.91. The van der Waals surface area contributed by atoms with E-state index in [1.54, 1.807) is 18.2 Å². The zero-order valence-electron chi connectivity index (χ0n) is 19.7. The summed E-state index contributed by atoms with van der Waals surface area (Å²) >= 11 is 0. The van der Waals surface area contributed by atoms with Gasteiger partial charge in [0, 0.05) is 22.9 Å². The number of nitrogens with zero attached hydrogens (tertiary/aromatic N) is 1. The van der Waals surface area contributed by atoms with Crippen molar-refractivity contribution in [3.63, 3.8) is 0 Å². The van der Waals surface area contributed by atoms with Gasteiger partial charge in [0.05, 0.1) is 16.1 Å². The van der Waals surface area contributed by atoms with Crippen molar-refractivity contribution >= 4 is 36.5 Å². The molecule has 0 fully saturated rings. The minimum Gasteiger partial charge on any atom is -0.489 e. The van der Waals surface area contributed by atoms with E-state index in [9.17, 15) is 16.8 Å². The Bertz CT molecular complexity index is 1780. The van der Waals surface area contributed by atoms with Crippen LogP contribution in [0.25, 0.3) is 22.2 Å². The number of hydrogen-bond donors (Lipinski definition) is 2. The van der Waals surface area contributed by atoms with Gasteiger partial charge in [0.25, 0.3) is 10.0 Å². The number of anilines is 1. The Morgan fingerprint density at radius 1 is 0.811 bits per heavy atom. The van der Waals surface area contributed by atoms with Gasteiger partial charge in [0.1, 0.15) is 17.3 Å². The predicted octanol–water partition coefficient (Wildman–Crippen LogP) is 5.01. The summed E-state index contributed by atoms with van der Waals surface area (Å²) in [4.78, 5) is -0.571. The number of ether oxygens (including phenoxy) is 1. The second-order valence-corrected chi connectivity index (χ2v) is 12.1. The van der Waals surface area contributed by atoms with E-state index in [0.29, 0.717) is 23.4 Å². The Morgan fingerprint density at radius 3 is 2.19 bits per heavy atom. The number of fused-ring (bicyclic) bond motifs is 1. The Morgan fingerprint density at radius 2 is 1.49 bits per heavy atom. The van der Waals surface area contributed by atoms with Crippen LogP contribution < -0.4 is 9.46 Å². The number of benzene rings is 4. The van der Waals surface area contributed by atoms with Crippen LogP contribution in [0, 0.1) is 0 Å². The molecule has 0 aliphatic carbocycles. The van der Waals surface area contributed by atoms with E-state index < -0.39 is 19.9 Å². The molecule has 5 aromatic rings. The normalized spacial score (nSPS) is 11.9. The molecule has 0 saturated heterocycles. The van der Waals surface area contributed by atoms with Crippen LogP contribution in [-0.4, -0.2) is 33.3 Å². The molecule has 4 aromatic carbocycles. The summed E-state index contributed by atoms with van der Waals surface area (Å²) < 4.78 is 58.8. The third-order valence-corrected chi connectivity index (χ3v) is 8.45. The zero-order valence-corrected chi connectivity index (χ0v) is 21.4. The van der Waals surface area contributed by atoms with Gasteiger partial charge in [0.2, 0.25) is 0 Å². The monoisotopic (exact) mass is 533 g/mol. The van der Waals surface area contributed by atoms with Crippen LogP contribution in [0.1, 0.15) is 5.56 Å². The van der Waals surface area contributed by atoms with Crippen molar-refractivity contribution in [2.75, 3.05) is 11.0 Å². The lowest BCUT2D eigenvalue weighted by molar-refractivity contribution is 0.306. The van der Waals surface area contributed by atoms with E-state index in [4.69, 9.17) is 4.74 Å². The number of H-pyrrole nitrogens is 1. The van der Waals surface area contributed by atoms with E-state index in [0.717, 1.165) is 22.9 Å². The first kappa shape index (κ1) is 24.5. The van der Waals surface area contributed by atoms with Gasteiger partial charge in [-0.15, -0.1) is 0 Å². The molecule has 1 aromatic heterocycles. The average Bonchev–Trinajstić information content (AvgIpc) is 3.31. The highest BCUT2D eigenvalue weighted by atomic mass is 32.2. The predicted molar refractivity (Wildman–Crippen MR) is 143 cm³/mol. The molecule has 0 aliphatic rings. The average molecular weight is 534 g/mol. The van der Waals surface area contributed by atoms with E-state index in [-0.39, 0.29) is 15.5 Å². The molecule has 188 valence electrons. The molecular formula is C27H23N3O5S2. The van der Waals surface area contributed by atoms with Gasteiger partial charge in [-0.05, 0) is 60.2 Å². The van der Waals surface area contributed by atoms with Crippen LogP contribution >= 0.6 is 0 Å². The first-order valence-corrected chi connectivity index (χ1v) is 14.7. The smallest absolute Gasteiger partial charge is 0.263 e. The molecule has 5 rings (SSSR count). The van der Waals surface area contributed by atoms with Crippen LogP contribution in [0.3, 0.4) is 0 Å². The molecule has 1 heterocycles. The summed E-state index contributed by atoms with van der Waals surface area (Å²) in [5.41, 5.74) is 3.53. The third kappa shape index (κ3) is 5.35. The lowest BCUT2D eigenvalue weighted by Gasteiger charge is -2.11. The van der Waals surface area contributed by atoms with Crippen molar-refractivity contribution in [2.24, 2.45) is 0 Å². The number of nitrogens with one attached hydrogen (secondary N) is 2. The second-order valence-electron chi connectivity index (χ2n) is 8.46. The number of sulfone groups is 1. The maximum Gasteiger partial charge on any atom is 0.263 e. The van der Waals surface area contributed by atoms with Crippen LogP contribution in [0.4, 0.5) is 5.69 Å². The third-order valence-electron chi connectivity index (χ3n) is 5.73. The quantitative estimate of drug-likeness (QED) is 0.289. The number of hydrogen-bond acceptors (Lipinski definition) is 6. The SMILES string of the molecule is CS(=O)(=O)c1ccccc1S(=O)(=O)Nc1ccc2[nH]nc(-c3ccc(OCc4ccccc4)cc3)c2c1. The van der Waals surface area contributed by atoms with Crippen LogP contribution in [0.2, 0.25) is 0 Å². The molecule has 37 heavy (non-hydrogen) atoms. The summed E-state index contributed by atoms with van der Waals surface area (Å²) in [5.74, 6) is 0.713. The van der Waals surface area contributed by atoms with Crippen molar-refractivity contribution in [3.05, 3.63) is 103 Å². The van der Waals surface area contributed by atoms with Gasteiger partial charge >= 0.3 is 0 Å². The van der Waals surface area contributed by atoms with Crippen molar-refractivity contribution in [1.29, 1.82) is 0 Å². The van der Waals surface area contributed by atoms with Crippen LogP contribution in [0.15, 0.2) is 107 Å². The van der Waals surface area contributed by atoms with Crippen LogP contribution in [-0.2, 0) is 26.5 Å². The summed E-state index contributed by atoms with van der Waals surface area (Å²) in [6.45, 7) is 0.456. The molecule has 0 atom stereocenters. The molecule has 0 radical (unpaired) electrons. The molecule has 0 spiro atoms. The van der Waals surface area contributed by atoms with Gasteiger partial charge in [0.15, 0.2) is 9.84 Å².